The van der Waals surface area contributed by atoms with Crippen LogP contribution in [0.1, 0.15) is 26.4 Å². The lowest BCUT2D eigenvalue weighted by Crippen LogP contribution is -2.47. The van der Waals surface area contributed by atoms with E-state index in [-0.39, 0.29) is 11.8 Å². The van der Waals surface area contributed by atoms with Crippen LogP contribution in [0.5, 0.6) is 0 Å². The molecule has 154 valence electrons. The number of anilines is 1. The highest BCUT2D eigenvalue weighted by atomic mass is 16.2. The van der Waals surface area contributed by atoms with E-state index in [1.807, 2.05) is 42.2 Å². The smallest absolute Gasteiger partial charge is 0.259 e. The number of para-hydroxylation sites is 1. The van der Waals surface area contributed by atoms with Crippen molar-refractivity contribution in [3.05, 3.63) is 77.6 Å². The van der Waals surface area contributed by atoms with Crippen LogP contribution < -0.4 is 5.32 Å². The Morgan fingerprint density at radius 1 is 0.933 bits per heavy atom. The van der Waals surface area contributed by atoms with Crippen LogP contribution in [0.2, 0.25) is 0 Å². The van der Waals surface area contributed by atoms with Gasteiger partial charge in [-0.1, -0.05) is 18.2 Å². The van der Waals surface area contributed by atoms with Crippen LogP contribution in [0.3, 0.4) is 0 Å². The number of benzene rings is 2. The molecule has 1 aliphatic heterocycles. The molecule has 0 saturated carbocycles. The largest absolute Gasteiger partial charge is 0.336 e. The normalized spacial score (nSPS) is 14.5. The van der Waals surface area contributed by atoms with E-state index < -0.39 is 0 Å². The minimum absolute atomic E-state index is 0.0287. The minimum atomic E-state index is -0.229. The lowest BCUT2D eigenvalue weighted by Gasteiger charge is -2.32. The van der Waals surface area contributed by atoms with Crippen molar-refractivity contribution in [3.8, 4) is 5.69 Å². The molecule has 2 amide bonds. The van der Waals surface area contributed by atoms with E-state index in [1.54, 1.807) is 35.1 Å². The molecule has 1 N–H and O–H groups in total. The fourth-order valence-corrected chi connectivity index (χ4v) is 3.55. The average Bonchev–Trinajstić information content (AvgIpc) is 3.16. The Morgan fingerprint density at radius 2 is 1.60 bits per heavy atom. The fourth-order valence-electron chi connectivity index (χ4n) is 3.55. The van der Waals surface area contributed by atoms with E-state index in [2.05, 4.69) is 22.4 Å². The van der Waals surface area contributed by atoms with Crippen molar-refractivity contribution in [2.45, 2.75) is 6.92 Å². The summed E-state index contributed by atoms with van der Waals surface area (Å²) in [6, 6.07) is 16.7. The molecule has 7 nitrogen and oxygen atoms in total. The zero-order valence-corrected chi connectivity index (χ0v) is 17.2. The molecule has 0 bridgehead atoms. The number of carbonyl (C=O) groups is 2. The van der Waals surface area contributed by atoms with Crippen molar-refractivity contribution in [2.24, 2.45) is 0 Å². The molecular weight excluding hydrogens is 378 g/mol. The van der Waals surface area contributed by atoms with E-state index >= 15 is 0 Å². The first-order valence-corrected chi connectivity index (χ1v) is 10.0. The molecule has 7 heteroatoms. The van der Waals surface area contributed by atoms with Gasteiger partial charge in [-0.2, -0.15) is 5.10 Å². The number of likely N-dealkylation sites (N-methyl/N-ethyl adjacent to an activating group) is 1. The monoisotopic (exact) mass is 403 g/mol. The average molecular weight is 403 g/mol. The maximum Gasteiger partial charge on any atom is 0.259 e. The van der Waals surface area contributed by atoms with Gasteiger partial charge in [-0.25, -0.2) is 4.68 Å². The number of nitrogens with zero attached hydrogens (tertiary/aromatic N) is 4. The first kappa shape index (κ1) is 19.8. The predicted molar refractivity (Wildman–Crippen MR) is 116 cm³/mol. The van der Waals surface area contributed by atoms with Gasteiger partial charge in [0.2, 0.25) is 0 Å². The first-order valence-electron chi connectivity index (χ1n) is 10.0. The van der Waals surface area contributed by atoms with Crippen molar-refractivity contribution in [3.63, 3.8) is 0 Å². The molecule has 0 radical (unpaired) electrons. The van der Waals surface area contributed by atoms with Gasteiger partial charge in [0, 0.05) is 37.4 Å². The van der Waals surface area contributed by atoms with Gasteiger partial charge in [0.1, 0.15) is 0 Å². The summed E-state index contributed by atoms with van der Waals surface area (Å²) in [6.45, 7) is 5.11. The molecule has 1 fully saturated rings. The molecule has 2 heterocycles. The second-order valence-corrected chi connectivity index (χ2v) is 7.52. The van der Waals surface area contributed by atoms with Crippen LogP contribution in [0, 0.1) is 6.92 Å². The van der Waals surface area contributed by atoms with Gasteiger partial charge in [-0.05, 0) is 50.4 Å². The molecule has 0 unspecified atom stereocenters. The van der Waals surface area contributed by atoms with E-state index in [0.29, 0.717) is 16.8 Å². The van der Waals surface area contributed by atoms with Crippen LogP contribution in [0.15, 0.2) is 60.8 Å². The first-order chi connectivity index (χ1) is 14.5. The highest BCUT2D eigenvalue weighted by Gasteiger charge is 2.20. The molecule has 1 aliphatic rings. The molecule has 30 heavy (non-hydrogen) atoms. The van der Waals surface area contributed by atoms with Crippen molar-refractivity contribution < 1.29 is 9.59 Å². The quantitative estimate of drug-likeness (QED) is 0.727. The molecule has 1 saturated heterocycles. The molecule has 4 rings (SSSR count). The minimum Gasteiger partial charge on any atom is -0.336 e. The number of nitrogens with one attached hydrogen (secondary N) is 1. The van der Waals surface area contributed by atoms with Crippen molar-refractivity contribution >= 4 is 17.5 Å². The summed E-state index contributed by atoms with van der Waals surface area (Å²) >= 11 is 0. The fraction of sp³-hybridized carbons (Fsp3) is 0.261. The third kappa shape index (κ3) is 4.11. The standard InChI is InChI=1S/C23H25N5O2/c1-17-21(16-24-28(17)20-6-4-3-5-7-20)22(29)25-19-10-8-18(9-11-19)23(30)27-14-12-26(2)13-15-27/h3-11,16H,12-15H2,1-2H3,(H,25,29). The SMILES string of the molecule is Cc1c(C(=O)Nc2ccc(C(=O)N3CCN(C)CC3)cc2)cnn1-c1ccccc1. The summed E-state index contributed by atoms with van der Waals surface area (Å²) in [5.41, 5.74) is 3.45. The van der Waals surface area contributed by atoms with Crippen molar-refractivity contribution in [1.82, 2.24) is 19.6 Å². The van der Waals surface area contributed by atoms with Crippen LogP contribution in [0.25, 0.3) is 5.69 Å². The molecule has 0 aliphatic carbocycles. The summed E-state index contributed by atoms with van der Waals surface area (Å²) in [5, 5.41) is 7.24. The maximum absolute atomic E-state index is 12.7. The molecule has 1 aromatic heterocycles. The highest BCUT2D eigenvalue weighted by Crippen LogP contribution is 2.17. The summed E-state index contributed by atoms with van der Waals surface area (Å²) in [4.78, 5) is 29.5. The second-order valence-electron chi connectivity index (χ2n) is 7.52. The number of hydrogen-bond donors (Lipinski definition) is 1. The predicted octanol–water partition coefficient (Wildman–Crippen LogP) is 2.82. The molecule has 0 atom stereocenters. The number of hydrogen-bond acceptors (Lipinski definition) is 4. The molecule has 3 aromatic rings. The third-order valence-corrected chi connectivity index (χ3v) is 5.44. The summed E-state index contributed by atoms with van der Waals surface area (Å²) in [5.74, 6) is -0.200. The zero-order chi connectivity index (χ0) is 21.1. The van der Waals surface area contributed by atoms with Crippen LogP contribution >= 0.6 is 0 Å². The van der Waals surface area contributed by atoms with Gasteiger partial charge in [-0.15, -0.1) is 0 Å². The summed E-state index contributed by atoms with van der Waals surface area (Å²) in [6.07, 6.45) is 1.57. The number of piperazine rings is 1. The number of rotatable bonds is 4. The molecule has 0 spiro atoms. The van der Waals surface area contributed by atoms with Crippen LogP contribution in [-0.4, -0.2) is 64.6 Å². The lowest BCUT2D eigenvalue weighted by atomic mass is 10.1. The summed E-state index contributed by atoms with van der Waals surface area (Å²) < 4.78 is 1.74. The second kappa shape index (κ2) is 8.51. The van der Waals surface area contributed by atoms with Gasteiger partial charge < -0.3 is 15.1 Å². The third-order valence-electron chi connectivity index (χ3n) is 5.44. The van der Waals surface area contributed by atoms with Gasteiger partial charge >= 0.3 is 0 Å². The van der Waals surface area contributed by atoms with E-state index in [0.717, 1.165) is 37.6 Å². The lowest BCUT2D eigenvalue weighted by molar-refractivity contribution is 0.0664. The van der Waals surface area contributed by atoms with E-state index in [9.17, 15) is 9.59 Å². The number of aromatic nitrogens is 2. The Hall–Kier alpha value is -3.45. The Bertz CT molecular complexity index is 1040. The van der Waals surface area contributed by atoms with Crippen molar-refractivity contribution in [2.75, 3.05) is 38.5 Å². The van der Waals surface area contributed by atoms with Gasteiger partial charge in [0.25, 0.3) is 11.8 Å². The van der Waals surface area contributed by atoms with Crippen molar-refractivity contribution in [1.29, 1.82) is 0 Å². The number of carbonyl (C=O) groups excluding carboxylic acids is 2. The van der Waals surface area contributed by atoms with Gasteiger partial charge in [0.05, 0.1) is 23.1 Å². The van der Waals surface area contributed by atoms with Gasteiger partial charge in [0.15, 0.2) is 0 Å². The molecular formula is C23H25N5O2. The number of amides is 2. The van der Waals surface area contributed by atoms with E-state index in [1.165, 1.54) is 0 Å². The maximum atomic E-state index is 12.7. The Balaban J connectivity index is 1.43. The molecule has 2 aromatic carbocycles. The van der Waals surface area contributed by atoms with Crippen LogP contribution in [0.4, 0.5) is 5.69 Å². The Kier molecular flexibility index (Phi) is 5.63. The zero-order valence-electron chi connectivity index (χ0n) is 17.2. The highest BCUT2D eigenvalue weighted by molar-refractivity contribution is 6.05. The van der Waals surface area contributed by atoms with Gasteiger partial charge in [-0.3, -0.25) is 9.59 Å². The van der Waals surface area contributed by atoms with E-state index in [4.69, 9.17) is 0 Å². The Morgan fingerprint density at radius 3 is 2.27 bits per heavy atom. The Labute approximate surface area is 175 Å². The topological polar surface area (TPSA) is 70.5 Å². The summed E-state index contributed by atoms with van der Waals surface area (Å²) in [7, 11) is 2.06. The van der Waals surface area contributed by atoms with Crippen LogP contribution in [-0.2, 0) is 0 Å².